The molecule has 1 rings (SSSR count). The molecule has 0 radical (unpaired) electrons. The van der Waals surface area contributed by atoms with Crippen LogP contribution in [0.2, 0.25) is 0 Å². The van der Waals surface area contributed by atoms with E-state index in [1.807, 2.05) is 0 Å². The number of thiophene rings is 1. The molecule has 1 aromatic rings. The van der Waals surface area contributed by atoms with Gasteiger partial charge >= 0.3 is 5.97 Å². The van der Waals surface area contributed by atoms with Gasteiger partial charge in [0.1, 0.15) is 4.88 Å². The number of aromatic carboxylic acids is 1. The molecule has 5 heteroatoms. The lowest BCUT2D eigenvalue weighted by Gasteiger charge is -1.89. The van der Waals surface area contributed by atoms with Crippen LogP contribution < -0.4 is 0 Å². The van der Waals surface area contributed by atoms with Crippen LogP contribution in [0.4, 0.5) is 0 Å². The Labute approximate surface area is 76.5 Å². The van der Waals surface area contributed by atoms with E-state index in [1.54, 1.807) is 12.3 Å². The fourth-order valence-electron chi connectivity index (χ4n) is 0.771. The van der Waals surface area contributed by atoms with Gasteiger partial charge in [0, 0.05) is 21.9 Å². The lowest BCUT2D eigenvalue weighted by molar-refractivity contribution is 0.0702. The number of carboxylic acids is 1. The van der Waals surface area contributed by atoms with Crippen LogP contribution in [0.1, 0.15) is 14.5 Å². The second-order valence-electron chi connectivity index (χ2n) is 2.29. The van der Waals surface area contributed by atoms with Gasteiger partial charge < -0.3 is 5.11 Å². The van der Waals surface area contributed by atoms with Gasteiger partial charge in [0.25, 0.3) is 0 Å². The van der Waals surface area contributed by atoms with Crippen molar-refractivity contribution in [2.24, 2.45) is 0 Å². The van der Waals surface area contributed by atoms with Gasteiger partial charge in [-0.1, -0.05) is 0 Å². The third kappa shape index (κ3) is 2.42. The third-order valence-corrected chi connectivity index (χ3v) is 3.19. The van der Waals surface area contributed by atoms with E-state index in [1.165, 1.54) is 17.4 Å². The van der Waals surface area contributed by atoms with Crippen LogP contribution in [0.3, 0.4) is 0 Å². The highest BCUT2D eigenvalue weighted by Crippen LogP contribution is 2.17. The molecule has 1 atom stereocenters. The monoisotopic (exact) mass is 204 g/mol. The van der Waals surface area contributed by atoms with Crippen LogP contribution in [0.25, 0.3) is 0 Å². The first-order valence-electron chi connectivity index (χ1n) is 3.21. The summed E-state index contributed by atoms with van der Waals surface area (Å²) in [6.07, 6.45) is 1.60. The van der Waals surface area contributed by atoms with Gasteiger partial charge in [-0.3, -0.25) is 4.21 Å². The zero-order chi connectivity index (χ0) is 9.14. The molecule has 0 amide bonds. The Hall–Kier alpha value is -0.680. The average Bonchev–Trinajstić information content (AvgIpc) is 2.34. The van der Waals surface area contributed by atoms with Crippen LogP contribution in [0, 0.1) is 0 Å². The molecular formula is C7H8O3S2. The van der Waals surface area contributed by atoms with E-state index in [0.717, 1.165) is 4.88 Å². The van der Waals surface area contributed by atoms with Crippen LogP contribution >= 0.6 is 11.3 Å². The molecule has 1 N–H and O–H groups in total. The van der Waals surface area contributed by atoms with Crippen molar-refractivity contribution < 1.29 is 14.1 Å². The molecule has 0 saturated carbocycles. The van der Waals surface area contributed by atoms with Crippen molar-refractivity contribution in [1.29, 1.82) is 0 Å². The number of hydrogen-bond donors (Lipinski definition) is 1. The fourth-order valence-corrected chi connectivity index (χ4v) is 2.64. The van der Waals surface area contributed by atoms with E-state index in [-0.39, 0.29) is 0 Å². The Balaban J connectivity index is 2.77. The highest BCUT2D eigenvalue weighted by Gasteiger charge is 2.07. The smallest absolute Gasteiger partial charge is 0.345 e. The predicted octanol–water partition coefficient (Wildman–Crippen LogP) is 1.32. The molecular weight excluding hydrogens is 196 g/mol. The summed E-state index contributed by atoms with van der Waals surface area (Å²) in [6.45, 7) is 0. The molecule has 0 saturated heterocycles. The Morgan fingerprint density at radius 1 is 1.67 bits per heavy atom. The molecule has 0 bridgehead atoms. The summed E-state index contributed by atoms with van der Waals surface area (Å²) in [5.74, 6) is -0.481. The van der Waals surface area contributed by atoms with Crippen molar-refractivity contribution in [2.75, 3.05) is 6.26 Å². The molecule has 0 fully saturated rings. The molecule has 0 aromatic carbocycles. The first-order chi connectivity index (χ1) is 5.59. The lowest BCUT2D eigenvalue weighted by Crippen LogP contribution is -1.90. The molecule has 0 aliphatic rings. The van der Waals surface area contributed by atoms with Crippen LogP contribution in [-0.4, -0.2) is 21.5 Å². The molecule has 0 aliphatic heterocycles. The Kier molecular flexibility index (Phi) is 2.99. The van der Waals surface area contributed by atoms with Crippen molar-refractivity contribution in [1.82, 2.24) is 0 Å². The average molecular weight is 204 g/mol. The van der Waals surface area contributed by atoms with Crippen LogP contribution in [-0.2, 0) is 16.6 Å². The molecule has 12 heavy (non-hydrogen) atoms. The van der Waals surface area contributed by atoms with E-state index >= 15 is 0 Å². The highest BCUT2D eigenvalue weighted by molar-refractivity contribution is 7.83. The summed E-state index contributed by atoms with van der Waals surface area (Å²) in [5.41, 5.74) is 0. The van der Waals surface area contributed by atoms with E-state index in [0.29, 0.717) is 10.6 Å². The van der Waals surface area contributed by atoms with Gasteiger partial charge in [-0.15, -0.1) is 11.3 Å². The quantitative estimate of drug-likeness (QED) is 0.808. The molecule has 3 nitrogen and oxygen atoms in total. The van der Waals surface area contributed by atoms with E-state index in [4.69, 9.17) is 5.11 Å². The summed E-state index contributed by atoms with van der Waals surface area (Å²) < 4.78 is 10.8. The van der Waals surface area contributed by atoms with Crippen LogP contribution in [0.5, 0.6) is 0 Å². The van der Waals surface area contributed by atoms with E-state index in [9.17, 15) is 9.00 Å². The molecule has 66 valence electrons. The van der Waals surface area contributed by atoms with Crippen molar-refractivity contribution in [2.45, 2.75) is 5.75 Å². The number of hydrogen-bond acceptors (Lipinski definition) is 3. The second-order valence-corrected chi connectivity index (χ2v) is 4.89. The minimum absolute atomic E-state index is 0.301. The van der Waals surface area contributed by atoms with Gasteiger partial charge in [0.15, 0.2) is 0 Å². The first kappa shape index (κ1) is 9.41. The standard InChI is InChI=1S/C7H8O3S2/c1-12(10)4-5-2-3-6(11-5)7(8)9/h2-3H,4H2,1H3,(H,8,9). The maximum Gasteiger partial charge on any atom is 0.345 e. The highest BCUT2D eigenvalue weighted by atomic mass is 32.2. The van der Waals surface area contributed by atoms with Gasteiger partial charge in [-0.25, -0.2) is 4.79 Å². The van der Waals surface area contributed by atoms with Crippen molar-refractivity contribution in [3.63, 3.8) is 0 Å². The first-order valence-corrected chi connectivity index (χ1v) is 5.76. The summed E-state index contributed by atoms with van der Waals surface area (Å²) >= 11 is 1.18. The van der Waals surface area contributed by atoms with Crippen molar-refractivity contribution >= 4 is 28.1 Å². The molecule has 1 heterocycles. The van der Waals surface area contributed by atoms with Gasteiger partial charge in [-0.2, -0.15) is 0 Å². The summed E-state index contributed by atoms with van der Waals surface area (Å²) in [5, 5.41) is 8.57. The van der Waals surface area contributed by atoms with E-state index < -0.39 is 16.8 Å². The van der Waals surface area contributed by atoms with Gasteiger partial charge in [-0.05, 0) is 12.1 Å². The Morgan fingerprint density at radius 3 is 2.75 bits per heavy atom. The third-order valence-electron chi connectivity index (χ3n) is 1.22. The minimum atomic E-state index is -0.923. The Morgan fingerprint density at radius 2 is 2.33 bits per heavy atom. The summed E-state index contributed by atoms with van der Waals surface area (Å²) in [6, 6.07) is 3.24. The number of carboxylic acid groups (broad SMARTS) is 1. The largest absolute Gasteiger partial charge is 0.477 e. The number of rotatable bonds is 3. The normalized spacial score (nSPS) is 12.8. The predicted molar refractivity (Wildman–Crippen MR) is 49.0 cm³/mol. The summed E-state index contributed by atoms with van der Waals surface area (Å²) in [4.78, 5) is 11.6. The maximum atomic E-state index is 10.8. The molecule has 0 aliphatic carbocycles. The lowest BCUT2D eigenvalue weighted by atomic mass is 10.4. The molecule has 0 spiro atoms. The molecule has 1 unspecified atom stereocenters. The van der Waals surface area contributed by atoms with Gasteiger partial charge in [0.2, 0.25) is 0 Å². The zero-order valence-corrected chi connectivity index (χ0v) is 8.08. The van der Waals surface area contributed by atoms with E-state index in [2.05, 4.69) is 0 Å². The topological polar surface area (TPSA) is 54.4 Å². The van der Waals surface area contributed by atoms with Gasteiger partial charge in [0.05, 0.1) is 5.75 Å². The zero-order valence-electron chi connectivity index (χ0n) is 6.44. The Bertz CT molecular complexity index is 316. The minimum Gasteiger partial charge on any atom is -0.477 e. The molecule has 1 aromatic heterocycles. The SMILES string of the molecule is CS(=O)Cc1ccc(C(=O)O)s1. The fraction of sp³-hybridized carbons (Fsp3) is 0.286. The van der Waals surface area contributed by atoms with Crippen molar-refractivity contribution in [3.05, 3.63) is 21.9 Å². The van der Waals surface area contributed by atoms with Crippen molar-refractivity contribution in [3.8, 4) is 0 Å². The number of carbonyl (C=O) groups is 1. The van der Waals surface area contributed by atoms with Crippen LogP contribution in [0.15, 0.2) is 12.1 Å². The maximum absolute atomic E-state index is 10.8. The second kappa shape index (κ2) is 3.82. The summed E-state index contributed by atoms with van der Waals surface area (Å²) in [7, 11) is -0.899.